The maximum atomic E-state index is 10.2. The highest BCUT2D eigenvalue weighted by Gasteiger charge is 2.14. The number of hydrogen-bond acceptors (Lipinski definition) is 3. The van der Waals surface area contributed by atoms with Crippen molar-refractivity contribution in [3.63, 3.8) is 0 Å². The number of hydrogen-bond donors (Lipinski definition) is 2. The fraction of sp³-hybridized carbons (Fsp3) is 0.667. The molecule has 2 rings (SSSR count). The molecule has 0 aromatic heterocycles. The summed E-state index contributed by atoms with van der Waals surface area (Å²) in [5.74, 6) is 1.26. The highest BCUT2D eigenvalue weighted by molar-refractivity contribution is 5.24. The molecule has 3 heteroatoms. The van der Waals surface area contributed by atoms with Crippen molar-refractivity contribution in [2.24, 2.45) is 11.8 Å². The maximum absolute atomic E-state index is 10.2. The third kappa shape index (κ3) is 5.77. The largest absolute Gasteiger partial charge is 0.387 e. The normalized spacial score (nSPS) is 20.7. The van der Waals surface area contributed by atoms with Crippen molar-refractivity contribution < 1.29 is 9.84 Å². The van der Waals surface area contributed by atoms with Crippen LogP contribution in [0.15, 0.2) is 24.3 Å². The zero-order valence-corrected chi connectivity index (χ0v) is 13.3. The molecule has 1 heterocycles. The van der Waals surface area contributed by atoms with Crippen LogP contribution >= 0.6 is 0 Å². The lowest BCUT2D eigenvalue weighted by Crippen LogP contribution is -2.31. The van der Waals surface area contributed by atoms with Crippen molar-refractivity contribution in [2.75, 3.05) is 26.3 Å². The van der Waals surface area contributed by atoms with E-state index in [1.54, 1.807) is 0 Å². The lowest BCUT2D eigenvalue weighted by molar-refractivity contribution is 0.0532. The van der Waals surface area contributed by atoms with Gasteiger partial charge >= 0.3 is 0 Å². The molecule has 21 heavy (non-hydrogen) atoms. The van der Waals surface area contributed by atoms with Crippen LogP contribution in [0.2, 0.25) is 0 Å². The molecule has 1 aliphatic rings. The van der Waals surface area contributed by atoms with Crippen LogP contribution in [0.3, 0.4) is 0 Å². The Morgan fingerprint density at radius 2 is 2.05 bits per heavy atom. The molecule has 2 N–H and O–H groups in total. The minimum absolute atomic E-state index is 0.428. The Labute approximate surface area is 128 Å². The summed E-state index contributed by atoms with van der Waals surface area (Å²) in [7, 11) is 0. The van der Waals surface area contributed by atoms with E-state index in [4.69, 9.17) is 4.74 Å². The first-order chi connectivity index (χ1) is 10.1. The summed E-state index contributed by atoms with van der Waals surface area (Å²) in [6, 6.07) is 8.36. The Morgan fingerprint density at radius 3 is 2.67 bits per heavy atom. The van der Waals surface area contributed by atoms with Crippen molar-refractivity contribution in [1.29, 1.82) is 0 Å². The van der Waals surface area contributed by atoms with Crippen molar-refractivity contribution in [3.05, 3.63) is 35.4 Å². The van der Waals surface area contributed by atoms with Crippen LogP contribution in [0.4, 0.5) is 0 Å². The van der Waals surface area contributed by atoms with Crippen LogP contribution in [0, 0.1) is 11.8 Å². The van der Waals surface area contributed by atoms with Gasteiger partial charge in [0.1, 0.15) is 0 Å². The van der Waals surface area contributed by atoms with Crippen LogP contribution in [-0.2, 0) is 11.2 Å². The maximum Gasteiger partial charge on any atom is 0.0914 e. The smallest absolute Gasteiger partial charge is 0.0914 e. The number of benzene rings is 1. The molecule has 3 nitrogen and oxygen atoms in total. The molecule has 0 bridgehead atoms. The van der Waals surface area contributed by atoms with Gasteiger partial charge in [-0.3, -0.25) is 0 Å². The molecule has 1 aromatic carbocycles. The average Bonchev–Trinajstić information content (AvgIpc) is 2.48. The van der Waals surface area contributed by atoms with Gasteiger partial charge in [0.15, 0.2) is 0 Å². The molecule has 2 unspecified atom stereocenters. The molecule has 1 saturated heterocycles. The topological polar surface area (TPSA) is 41.5 Å². The number of nitrogens with one attached hydrogen (secondary N) is 1. The second-order valence-electron chi connectivity index (χ2n) is 6.60. The van der Waals surface area contributed by atoms with Crippen molar-refractivity contribution in [1.82, 2.24) is 5.32 Å². The minimum Gasteiger partial charge on any atom is -0.387 e. The third-order valence-electron chi connectivity index (χ3n) is 4.03. The molecule has 1 aromatic rings. The Kier molecular flexibility index (Phi) is 6.68. The first kappa shape index (κ1) is 16.5. The third-order valence-corrected chi connectivity index (χ3v) is 4.03. The molecule has 0 amide bonds. The van der Waals surface area contributed by atoms with E-state index in [-0.39, 0.29) is 0 Å². The van der Waals surface area contributed by atoms with Gasteiger partial charge in [0.25, 0.3) is 0 Å². The van der Waals surface area contributed by atoms with E-state index in [0.29, 0.717) is 18.4 Å². The van der Waals surface area contributed by atoms with Gasteiger partial charge in [-0.05, 0) is 42.2 Å². The summed E-state index contributed by atoms with van der Waals surface area (Å²) in [4.78, 5) is 0. The van der Waals surface area contributed by atoms with Crippen molar-refractivity contribution in [2.45, 2.75) is 39.2 Å². The van der Waals surface area contributed by atoms with Gasteiger partial charge in [0.2, 0.25) is 0 Å². The highest BCUT2D eigenvalue weighted by Crippen LogP contribution is 2.16. The van der Waals surface area contributed by atoms with Crippen LogP contribution < -0.4 is 5.32 Å². The number of rotatable bonds is 7. The Balaban J connectivity index is 1.73. The molecule has 0 spiro atoms. The molecule has 1 fully saturated rings. The minimum atomic E-state index is -0.428. The predicted molar refractivity (Wildman–Crippen MR) is 86.4 cm³/mol. The first-order valence-electron chi connectivity index (χ1n) is 8.20. The summed E-state index contributed by atoms with van der Waals surface area (Å²) in [6.45, 7) is 7.75. The van der Waals surface area contributed by atoms with Crippen LogP contribution in [0.1, 0.15) is 43.9 Å². The molecule has 2 atom stereocenters. The van der Waals surface area contributed by atoms with E-state index in [0.717, 1.165) is 38.2 Å². The van der Waals surface area contributed by atoms with Gasteiger partial charge < -0.3 is 15.2 Å². The quantitative estimate of drug-likeness (QED) is 0.811. The van der Waals surface area contributed by atoms with Gasteiger partial charge in [-0.1, -0.05) is 38.1 Å². The monoisotopic (exact) mass is 291 g/mol. The van der Waals surface area contributed by atoms with E-state index in [1.165, 1.54) is 12.0 Å². The second kappa shape index (κ2) is 8.52. The first-order valence-corrected chi connectivity index (χ1v) is 8.20. The average molecular weight is 291 g/mol. The van der Waals surface area contributed by atoms with Crippen molar-refractivity contribution in [3.8, 4) is 0 Å². The number of ether oxygens (including phenoxy) is 1. The zero-order valence-electron chi connectivity index (χ0n) is 13.3. The number of aliphatic hydroxyl groups excluding tert-OH is 1. The molecule has 0 aliphatic carbocycles. The fourth-order valence-corrected chi connectivity index (χ4v) is 2.86. The standard InChI is InChI=1S/C18H29NO2/c1-14(2)10-15-5-7-17(8-6-15)18(20)12-19-11-16-4-3-9-21-13-16/h5-8,14,16,18-20H,3-4,9-13H2,1-2H3. The van der Waals surface area contributed by atoms with Gasteiger partial charge in [0.05, 0.1) is 12.7 Å². The second-order valence-corrected chi connectivity index (χ2v) is 6.60. The van der Waals surface area contributed by atoms with Gasteiger partial charge in [-0.2, -0.15) is 0 Å². The van der Waals surface area contributed by atoms with E-state index in [2.05, 4.69) is 31.3 Å². The van der Waals surface area contributed by atoms with Crippen LogP contribution in [0.25, 0.3) is 0 Å². The van der Waals surface area contributed by atoms with Gasteiger partial charge in [-0.25, -0.2) is 0 Å². The molecular weight excluding hydrogens is 262 g/mol. The molecule has 0 saturated carbocycles. The summed E-state index contributed by atoms with van der Waals surface area (Å²) in [5.41, 5.74) is 2.34. The van der Waals surface area contributed by atoms with E-state index in [9.17, 15) is 5.11 Å². The molecule has 1 aliphatic heterocycles. The molecule has 0 radical (unpaired) electrons. The van der Waals surface area contributed by atoms with E-state index >= 15 is 0 Å². The Hall–Kier alpha value is -0.900. The fourth-order valence-electron chi connectivity index (χ4n) is 2.86. The molecule has 118 valence electrons. The summed E-state index contributed by atoms with van der Waals surface area (Å²) in [5, 5.41) is 13.6. The zero-order chi connectivity index (χ0) is 15.1. The summed E-state index contributed by atoms with van der Waals surface area (Å²) in [6.07, 6.45) is 3.05. The van der Waals surface area contributed by atoms with Crippen LogP contribution in [-0.4, -0.2) is 31.4 Å². The Morgan fingerprint density at radius 1 is 1.29 bits per heavy atom. The number of aliphatic hydroxyl groups is 1. The van der Waals surface area contributed by atoms with Gasteiger partial charge in [-0.15, -0.1) is 0 Å². The highest BCUT2D eigenvalue weighted by atomic mass is 16.5. The molecular formula is C18H29NO2. The van der Waals surface area contributed by atoms with E-state index in [1.807, 2.05) is 12.1 Å². The van der Waals surface area contributed by atoms with E-state index < -0.39 is 6.10 Å². The van der Waals surface area contributed by atoms with Crippen LogP contribution in [0.5, 0.6) is 0 Å². The lowest BCUT2D eigenvalue weighted by atomic mass is 10.00. The summed E-state index contributed by atoms with van der Waals surface area (Å²) < 4.78 is 5.47. The van der Waals surface area contributed by atoms with Gasteiger partial charge in [0, 0.05) is 19.7 Å². The Bertz CT molecular complexity index is 396. The predicted octanol–water partition coefficient (Wildman–Crippen LogP) is 2.93. The SMILES string of the molecule is CC(C)Cc1ccc(C(O)CNCC2CCCOC2)cc1. The summed E-state index contributed by atoms with van der Waals surface area (Å²) >= 11 is 0. The van der Waals surface area contributed by atoms with Crippen molar-refractivity contribution >= 4 is 0 Å². The lowest BCUT2D eigenvalue weighted by Gasteiger charge is -2.23.